The molecule has 2 heterocycles. The van der Waals surface area contributed by atoms with Gasteiger partial charge in [-0.1, -0.05) is 12.1 Å². The quantitative estimate of drug-likeness (QED) is 0.932. The molecule has 1 aliphatic rings. The minimum Gasteiger partial charge on any atom is -0.478 e. The molecule has 2 aromatic rings. The topological polar surface area (TPSA) is 83.4 Å². The predicted molar refractivity (Wildman–Crippen MR) is 88.5 cm³/mol. The number of carbonyl (C=O) groups excluding carboxylic acids is 1. The van der Waals surface area contributed by atoms with Crippen LogP contribution in [-0.4, -0.2) is 44.9 Å². The lowest BCUT2D eigenvalue weighted by Crippen LogP contribution is -2.26. The molecule has 1 saturated heterocycles. The molecule has 1 aromatic carbocycles. The summed E-state index contributed by atoms with van der Waals surface area (Å²) in [6, 6.07) is 6.58. The van der Waals surface area contributed by atoms with Crippen LogP contribution in [0.15, 0.2) is 36.7 Å². The molecule has 1 N–H and O–H groups in total. The lowest BCUT2D eigenvalue weighted by atomic mass is 10.0. The summed E-state index contributed by atoms with van der Waals surface area (Å²) >= 11 is 0. The molecule has 0 spiro atoms. The largest absolute Gasteiger partial charge is 0.478 e. The van der Waals surface area contributed by atoms with E-state index in [0.717, 1.165) is 37.2 Å². The third-order valence-corrected chi connectivity index (χ3v) is 4.36. The second kappa shape index (κ2) is 6.78. The van der Waals surface area contributed by atoms with Crippen molar-refractivity contribution < 1.29 is 14.7 Å². The molecular weight excluding hydrogens is 306 g/mol. The molecule has 1 unspecified atom stereocenters. The van der Waals surface area contributed by atoms with Gasteiger partial charge in [-0.3, -0.25) is 14.8 Å². The van der Waals surface area contributed by atoms with E-state index in [2.05, 4.69) is 9.97 Å². The van der Waals surface area contributed by atoms with Crippen LogP contribution in [0.2, 0.25) is 0 Å². The Balaban J connectivity index is 1.65. The number of aromatic carboxylic acids is 1. The fourth-order valence-corrected chi connectivity index (χ4v) is 2.97. The number of likely N-dealkylation sites (tertiary alicyclic amines) is 1. The zero-order valence-electron chi connectivity index (χ0n) is 13.5. The van der Waals surface area contributed by atoms with Gasteiger partial charge in [0.25, 0.3) is 0 Å². The van der Waals surface area contributed by atoms with E-state index in [1.54, 1.807) is 43.6 Å². The second-order valence-corrected chi connectivity index (χ2v) is 6.10. The van der Waals surface area contributed by atoms with Crippen LogP contribution < -0.4 is 0 Å². The number of carboxylic acid groups (broad SMARTS) is 1. The third-order valence-electron chi connectivity index (χ3n) is 4.36. The minimum absolute atomic E-state index is 0.128. The summed E-state index contributed by atoms with van der Waals surface area (Å²) in [6.45, 7) is 3.21. The molecule has 1 aromatic heterocycles. The Kier molecular flexibility index (Phi) is 4.55. The molecule has 0 aliphatic carbocycles. The highest BCUT2D eigenvalue weighted by molar-refractivity contribution is 5.88. The molecule has 0 bridgehead atoms. The van der Waals surface area contributed by atoms with Gasteiger partial charge in [0, 0.05) is 31.8 Å². The third kappa shape index (κ3) is 3.59. The predicted octanol–water partition coefficient (Wildman–Crippen LogP) is 2.25. The molecule has 124 valence electrons. The second-order valence-electron chi connectivity index (χ2n) is 6.10. The zero-order valence-corrected chi connectivity index (χ0v) is 13.5. The Morgan fingerprint density at radius 2 is 1.96 bits per heavy atom. The Hall–Kier alpha value is -2.76. The maximum absolute atomic E-state index is 11.4. The number of hydrogen-bond donors (Lipinski definition) is 1. The van der Waals surface area contributed by atoms with E-state index in [1.807, 2.05) is 4.90 Å². The molecule has 0 radical (unpaired) electrons. The zero-order chi connectivity index (χ0) is 17.1. The average Bonchev–Trinajstić information content (AvgIpc) is 3.04. The number of carbonyl (C=O) groups is 2. The van der Waals surface area contributed by atoms with Gasteiger partial charge in [0.1, 0.15) is 0 Å². The standard InChI is InChI=1S/C18H19N3O3/c1-12(22)21-7-6-13(11-21)8-16-9-20-17(10-19-16)14-2-4-15(5-3-14)18(23)24/h2-5,9-10,13H,6-8,11H2,1H3,(H,23,24). The SMILES string of the molecule is CC(=O)N1CCC(Cc2cnc(-c3ccc(C(=O)O)cc3)cn2)C1. The maximum atomic E-state index is 11.4. The molecule has 3 rings (SSSR count). The summed E-state index contributed by atoms with van der Waals surface area (Å²) in [5.74, 6) is -0.383. The number of amides is 1. The van der Waals surface area contributed by atoms with Crippen LogP contribution in [0.3, 0.4) is 0 Å². The van der Waals surface area contributed by atoms with Gasteiger partial charge in [0.05, 0.1) is 23.1 Å². The Morgan fingerprint density at radius 1 is 1.21 bits per heavy atom. The summed E-state index contributed by atoms with van der Waals surface area (Å²) < 4.78 is 0. The first-order chi connectivity index (χ1) is 11.5. The van der Waals surface area contributed by atoms with E-state index in [0.29, 0.717) is 11.6 Å². The van der Waals surface area contributed by atoms with Crippen molar-refractivity contribution in [3.8, 4) is 11.3 Å². The Labute approximate surface area is 140 Å². The first kappa shape index (κ1) is 16.1. The highest BCUT2D eigenvalue weighted by Crippen LogP contribution is 2.21. The van der Waals surface area contributed by atoms with E-state index < -0.39 is 5.97 Å². The van der Waals surface area contributed by atoms with Gasteiger partial charge in [-0.15, -0.1) is 0 Å². The summed E-state index contributed by atoms with van der Waals surface area (Å²) in [4.78, 5) is 33.0. The normalized spacial score (nSPS) is 17.0. The number of nitrogens with zero attached hydrogens (tertiary/aromatic N) is 3. The van der Waals surface area contributed by atoms with Crippen molar-refractivity contribution in [2.45, 2.75) is 19.8 Å². The van der Waals surface area contributed by atoms with Crippen LogP contribution in [0.4, 0.5) is 0 Å². The lowest BCUT2D eigenvalue weighted by molar-refractivity contribution is -0.127. The van der Waals surface area contributed by atoms with Gasteiger partial charge in [-0.05, 0) is 30.9 Å². The molecule has 1 amide bonds. The van der Waals surface area contributed by atoms with Crippen molar-refractivity contribution in [1.82, 2.24) is 14.9 Å². The molecule has 24 heavy (non-hydrogen) atoms. The van der Waals surface area contributed by atoms with Gasteiger partial charge in [0.15, 0.2) is 0 Å². The molecular formula is C18H19N3O3. The highest BCUT2D eigenvalue weighted by atomic mass is 16.4. The fourth-order valence-electron chi connectivity index (χ4n) is 2.97. The fraction of sp³-hybridized carbons (Fsp3) is 0.333. The molecule has 6 heteroatoms. The first-order valence-corrected chi connectivity index (χ1v) is 7.93. The van der Waals surface area contributed by atoms with Crippen LogP contribution in [-0.2, 0) is 11.2 Å². The maximum Gasteiger partial charge on any atom is 0.335 e. The first-order valence-electron chi connectivity index (χ1n) is 7.93. The van der Waals surface area contributed by atoms with Gasteiger partial charge < -0.3 is 10.0 Å². The number of hydrogen-bond acceptors (Lipinski definition) is 4. The van der Waals surface area contributed by atoms with E-state index in [4.69, 9.17) is 5.11 Å². The van der Waals surface area contributed by atoms with Gasteiger partial charge in [-0.25, -0.2) is 4.79 Å². The van der Waals surface area contributed by atoms with Crippen LogP contribution in [0, 0.1) is 5.92 Å². The molecule has 1 fully saturated rings. The van der Waals surface area contributed by atoms with Gasteiger partial charge >= 0.3 is 5.97 Å². The molecule has 0 saturated carbocycles. The van der Waals surface area contributed by atoms with E-state index in [-0.39, 0.29) is 11.5 Å². The van der Waals surface area contributed by atoms with Crippen molar-refractivity contribution in [2.24, 2.45) is 5.92 Å². The van der Waals surface area contributed by atoms with Gasteiger partial charge in [-0.2, -0.15) is 0 Å². The molecule has 1 aliphatic heterocycles. The van der Waals surface area contributed by atoms with Crippen LogP contribution in [0.25, 0.3) is 11.3 Å². The molecule has 6 nitrogen and oxygen atoms in total. The van der Waals surface area contributed by atoms with Gasteiger partial charge in [0.2, 0.25) is 5.91 Å². The molecule has 1 atom stereocenters. The summed E-state index contributed by atoms with van der Waals surface area (Å²) in [5, 5.41) is 8.92. The van der Waals surface area contributed by atoms with Crippen molar-refractivity contribution >= 4 is 11.9 Å². The van der Waals surface area contributed by atoms with Crippen molar-refractivity contribution in [1.29, 1.82) is 0 Å². The van der Waals surface area contributed by atoms with Crippen LogP contribution >= 0.6 is 0 Å². The van der Waals surface area contributed by atoms with E-state index in [9.17, 15) is 9.59 Å². The van der Waals surface area contributed by atoms with Crippen LogP contribution in [0.5, 0.6) is 0 Å². The monoisotopic (exact) mass is 325 g/mol. The average molecular weight is 325 g/mol. The Morgan fingerprint density at radius 3 is 2.50 bits per heavy atom. The van der Waals surface area contributed by atoms with Crippen molar-refractivity contribution in [3.05, 3.63) is 47.9 Å². The minimum atomic E-state index is -0.945. The number of benzene rings is 1. The van der Waals surface area contributed by atoms with Crippen LogP contribution in [0.1, 0.15) is 29.4 Å². The number of rotatable bonds is 4. The lowest BCUT2D eigenvalue weighted by Gasteiger charge is -2.13. The summed E-state index contributed by atoms with van der Waals surface area (Å²) in [5.41, 5.74) is 2.71. The highest BCUT2D eigenvalue weighted by Gasteiger charge is 2.24. The number of aromatic nitrogens is 2. The van der Waals surface area contributed by atoms with E-state index in [1.165, 1.54) is 0 Å². The smallest absolute Gasteiger partial charge is 0.335 e. The summed E-state index contributed by atoms with van der Waals surface area (Å²) in [6.07, 6.45) is 5.29. The van der Waals surface area contributed by atoms with Crippen molar-refractivity contribution in [3.63, 3.8) is 0 Å². The summed E-state index contributed by atoms with van der Waals surface area (Å²) in [7, 11) is 0. The van der Waals surface area contributed by atoms with E-state index >= 15 is 0 Å². The number of carboxylic acids is 1. The van der Waals surface area contributed by atoms with Crippen molar-refractivity contribution in [2.75, 3.05) is 13.1 Å². The Bertz CT molecular complexity index is 741.